The van der Waals surface area contributed by atoms with E-state index in [2.05, 4.69) is 0 Å². The van der Waals surface area contributed by atoms with Gasteiger partial charge in [0.05, 0.1) is 23.7 Å². The highest BCUT2D eigenvalue weighted by atomic mass is 35.5. The molecule has 1 atom stereocenters. The maximum absolute atomic E-state index is 13.6. The van der Waals surface area contributed by atoms with Crippen molar-refractivity contribution in [2.24, 2.45) is 0 Å². The van der Waals surface area contributed by atoms with Gasteiger partial charge in [0, 0.05) is 16.1 Å². The van der Waals surface area contributed by atoms with Gasteiger partial charge < -0.3 is 19.4 Å². The first-order valence-electron chi connectivity index (χ1n) is 10.4. The summed E-state index contributed by atoms with van der Waals surface area (Å²) < 4.78 is 10.9. The summed E-state index contributed by atoms with van der Waals surface area (Å²) >= 11 is 12.2. The van der Waals surface area contributed by atoms with Gasteiger partial charge in [-0.25, -0.2) is 0 Å². The highest BCUT2D eigenvalue weighted by Crippen LogP contribution is 2.44. The van der Waals surface area contributed by atoms with Crippen LogP contribution in [0.3, 0.4) is 0 Å². The van der Waals surface area contributed by atoms with Gasteiger partial charge in [0.2, 0.25) is 5.78 Å². The molecule has 0 fully saturated rings. The number of aliphatic hydroxyl groups excluding tert-OH is 1. The molecule has 2 heterocycles. The predicted molar refractivity (Wildman–Crippen MR) is 132 cm³/mol. The van der Waals surface area contributed by atoms with Gasteiger partial charge in [-0.1, -0.05) is 29.3 Å². The number of aliphatic hydroxyl groups is 1. The van der Waals surface area contributed by atoms with Crippen molar-refractivity contribution in [1.82, 2.24) is 0 Å². The summed E-state index contributed by atoms with van der Waals surface area (Å²) in [6.07, 6.45) is 0. The van der Waals surface area contributed by atoms with Crippen molar-refractivity contribution in [2.45, 2.75) is 6.04 Å². The minimum atomic E-state index is -1.04. The molecule has 1 aliphatic heterocycles. The van der Waals surface area contributed by atoms with Crippen LogP contribution in [0.2, 0.25) is 10.0 Å². The summed E-state index contributed by atoms with van der Waals surface area (Å²) in [7, 11) is 1.52. The van der Waals surface area contributed by atoms with Crippen LogP contribution in [0.5, 0.6) is 11.5 Å². The molecule has 1 amide bonds. The summed E-state index contributed by atoms with van der Waals surface area (Å²) in [4.78, 5) is 28.2. The quantitative estimate of drug-likeness (QED) is 0.309. The number of ether oxygens (including phenoxy) is 1. The number of benzene rings is 3. The standard InChI is InChI=1S/C26H17Cl2NO6/c1-34-17-6-4-16(5-7-17)29-23(13-2-8-19(30)18(28)11-13)22(25(32)26(29)33)24(31)21-12-14-10-15(27)3-9-20(14)35-21/h2-12,23,30,32H,1H3. The third kappa shape index (κ3) is 3.88. The molecule has 1 aliphatic rings. The Hall–Kier alpha value is -3.94. The fourth-order valence-corrected chi connectivity index (χ4v) is 4.48. The molecule has 0 spiro atoms. The van der Waals surface area contributed by atoms with E-state index in [1.807, 2.05) is 0 Å². The Morgan fingerprint density at radius 2 is 1.74 bits per heavy atom. The summed E-state index contributed by atoms with van der Waals surface area (Å²) in [5.74, 6) is -1.81. The van der Waals surface area contributed by atoms with Crippen molar-refractivity contribution >= 4 is 51.5 Å². The van der Waals surface area contributed by atoms with E-state index in [9.17, 15) is 19.8 Å². The number of aromatic hydroxyl groups is 1. The number of anilines is 1. The zero-order chi connectivity index (χ0) is 24.9. The number of amides is 1. The number of hydrogen-bond acceptors (Lipinski definition) is 6. The maximum Gasteiger partial charge on any atom is 0.294 e. The number of ketones is 1. The SMILES string of the molecule is COc1ccc(N2C(=O)C(O)=C(C(=O)c3cc4cc(Cl)ccc4o3)C2c2ccc(O)c(Cl)c2)cc1. The van der Waals surface area contributed by atoms with Crippen molar-refractivity contribution in [3.63, 3.8) is 0 Å². The monoisotopic (exact) mass is 509 g/mol. The molecule has 1 unspecified atom stereocenters. The Balaban J connectivity index is 1.66. The molecule has 0 saturated heterocycles. The lowest BCUT2D eigenvalue weighted by molar-refractivity contribution is -0.117. The van der Waals surface area contributed by atoms with Crippen LogP contribution < -0.4 is 9.64 Å². The van der Waals surface area contributed by atoms with E-state index in [1.165, 1.54) is 36.3 Å². The number of halogens is 2. The molecule has 7 nitrogen and oxygen atoms in total. The summed E-state index contributed by atoms with van der Waals surface area (Å²) in [6, 6.07) is 16.3. The Bertz CT molecular complexity index is 1520. The summed E-state index contributed by atoms with van der Waals surface area (Å²) in [6.45, 7) is 0. The molecule has 0 radical (unpaired) electrons. The van der Waals surface area contributed by atoms with Crippen LogP contribution in [0.1, 0.15) is 22.2 Å². The van der Waals surface area contributed by atoms with Gasteiger partial charge in [0.25, 0.3) is 5.91 Å². The number of rotatable bonds is 5. The Labute approximate surface area is 209 Å². The third-order valence-corrected chi connectivity index (χ3v) is 6.33. The third-order valence-electron chi connectivity index (χ3n) is 5.79. The zero-order valence-corrected chi connectivity index (χ0v) is 19.7. The number of hydrogen-bond donors (Lipinski definition) is 2. The van der Waals surface area contributed by atoms with E-state index in [0.717, 1.165) is 0 Å². The van der Waals surface area contributed by atoms with E-state index in [0.29, 0.717) is 33.0 Å². The largest absolute Gasteiger partial charge is 0.506 e. The van der Waals surface area contributed by atoms with Gasteiger partial charge in [-0.05, 0) is 66.2 Å². The predicted octanol–water partition coefficient (Wildman–Crippen LogP) is 6.24. The van der Waals surface area contributed by atoms with Crippen molar-refractivity contribution in [3.05, 3.63) is 99.4 Å². The van der Waals surface area contributed by atoms with E-state index >= 15 is 0 Å². The minimum Gasteiger partial charge on any atom is -0.506 e. The molecule has 176 valence electrons. The molecule has 0 bridgehead atoms. The molecule has 2 N–H and O–H groups in total. The molecule has 0 aliphatic carbocycles. The highest BCUT2D eigenvalue weighted by Gasteiger charge is 2.45. The van der Waals surface area contributed by atoms with Crippen molar-refractivity contribution in [1.29, 1.82) is 0 Å². The number of phenols is 1. The molecule has 9 heteroatoms. The molecule has 4 aromatic rings. The Morgan fingerprint density at radius 1 is 1.00 bits per heavy atom. The number of nitrogens with zero attached hydrogens (tertiary/aromatic N) is 1. The molecular formula is C26H17Cl2NO6. The second-order valence-corrected chi connectivity index (χ2v) is 8.71. The first-order chi connectivity index (χ1) is 16.8. The molecule has 5 rings (SSSR count). The number of phenolic OH excluding ortho intramolecular Hbond substituents is 1. The van der Waals surface area contributed by atoms with E-state index in [4.69, 9.17) is 32.4 Å². The molecule has 0 saturated carbocycles. The maximum atomic E-state index is 13.6. The van der Waals surface area contributed by atoms with Crippen molar-refractivity contribution in [3.8, 4) is 11.5 Å². The number of carbonyl (C=O) groups is 2. The van der Waals surface area contributed by atoms with Gasteiger partial charge >= 0.3 is 0 Å². The van der Waals surface area contributed by atoms with E-state index in [-0.39, 0.29) is 22.1 Å². The van der Waals surface area contributed by atoms with E-state index in [1.54, 1.807) is 42.5 Å². The van der Waals surface area contributed by atoms with Gasteiger partial charge in [-0.15, -0.1) is 0 Å². The fraction of sp³-hybridized carbons (Fsp3) is 0.0769. The van der Waals surface area contributed by atoms with Crippen LogP contribution in [-0.4, -0.2) is 29.0 Å². The second kappa shape index (κ2) is 8.69. The molecule has 3 aromatic carbocycles. The number of Topliss-reactive ketones (excluding diaryl/α,β-unsaturated/α-hetero) is 1. The Morgan fingerprint density at radius 3 is 2.43 bits per heavy atom. The first kappa shape index (κ1) is 22.8. The van der Waals surface area contributed by atoms with Crippen LogP contribution in [0.15, 0.2) is 82.5 Å². The highest BCUT2D eigenvalue weighted by molar-refractivity contribution is 6.32. The topological polar surface area (TPSA) is 100 Å². The average Bonchev–Trinajstić information content (AvgIpc) is 3.39. The minimum absolute atomic E-state index is 0.0289. The van der Waals surface area contributed by atoms with Crippen LogP contribution in [0.25, 0.3) is 11.0 Å². The lowest BCUT2D eigenvalue weighted by Gasteiger charge is -2.27. The number of methoxy groups -OCH3 is 1. The molecular weight excluding hydrogens is 493 g/mol. The van der Waals surface area contributed by atoms with Gasteiger partial charge in [0.1, 0.15) is 17.1 Å². The Kier molecular flexibility index (Phi) is 5.67. The molecule has 35 heavy (non-hydrogen) atoms. The number of fused-ring (bicyclic) bond motifs is 1. The number of furan rings is 1. The van der Waals surface area contributed by atoms with Crippen LogP contribution in [0, 0.1) is 0 Å². The lowest BCUT2D eigenvalue weighted by atomic mass is 9.94. The van der Waals surface area contributed by atoms with Gasteiger partial charge in [0.15, 0.2) is 11.5 Å². The first-order valence-corrected chi connectivity index (χ1v) is 11.2. The van der Waals surface area contributed by atoms with Crippen molar-refractivity contribution < 1.29 is 29.0 Å². The van der Waals surface area contributed by atoms with Crippen LogP contribution in [0.4, 0.5) is 5.69 Å². The van der Waals surface area contributed by atoms with Crippen LogP contribution in [-0.2, 0) is 4.79 Å². The zero-order valence-electron chi connectivity index (χ0n) is 18.2. The van der Waals surface area contributed by atoms with Gasteiger partial charge in [-0.2, -0.15) is 0 Å². The van der Waals surface area contributed by atoms with Gasteiger partial charge in [-0.3, -0.25) is 14.5 Å². The van der Waals surface area contributed by atoms with Crippen molar-refractivity contribution in [2.75, 3.05) is 12.0 Å². The fourth-order valence-electron chi connectivity index (χ4n) is 4.11. The second-order valence-electron chi connectivity index (χ2n) is 7.87. The normalized spacial score (nSPS) is 15.8. The lowest BCUT2D eigenvalue weighted by Crippen LogP contribution is -2.31. The van der Waals surface area contributed by atoms with E-state index < -0.39 is 23.5 Å². The molecule has 1 aromatic heterocycles. The smallest absolute Gasteiger partial charge is 0.294 e. The summed E-state index contributed by atoms with van der Waals surface area (Å²) in [5.41, 5.74) is 1.07. The number of carbonyl (C=O) groups excluding carboxylic acids is 2. The summed E-state index contributed by atoms with van der Waals surface area (Å²) in [5, 5.41) is 21.9. The average molecular weight is 510 g/mol. The van der Waals surface area contributed by atoms with Crippen LogP contribution >= 0.6 is 23.2 Å².